The van der Waals surface area contributed by atoms with E-state index in [0.717, 1.165) is 18.8 Å². The second-order valence-corrected chi connectivity index (χ2v) is 11.2. The Hall–Kier alpha value is -4.47. The van der Waals surface area contributed by atoms with Crippen LogP contribution in [0, 0.1) is 11.5 Å². The van der Waals surface area contributed by atoms with Gasteiger partial charge in [0, 0.05) is 0 Å². The van der Waals surface area contributed by atoms with Crippen molar-refractivity contribution in [2.45, 2.75) is 71.2 Å². The molecule has 0 radical (unpaired) electrons. The average Bonchev–Trinajstić information content (AvgIpc) is 3.47. The van der Waals surface area contributed by atoms with Crippen LogP contribution < -0.4 is 10.1 Å². The molecule has 1 amide bonds. The van der Waals surface area contributed by atoms with Crippen LogP contribution in [0.2, 0.25) is 0 Å². The van der Waals surface area contributed by atoms with Crippen molar-refractivity contribution in [2.75, 3.05) is 20.8 Å². The topological polar surface area (TPSA) is 105 Å². The summed E-state index contributed by atoms with van der Waals surface area (Å²) in [6.07, 6.45) is -0.313. The van der Waals surface area contributed by atoms with Gasteiger partial charge in [0.1, 0.15) is 5.75 Å². The summed E-state index contributed by atoms with van der Waals surface area (Å²) in [5.41, 5.74) is 0.280. The fourth-order valence-corrected chi connectivity index (χ4v) is 4.93. The second kappa shape index (κ2) is 15.5. The first-order valence-corrected chi connectivity index (χ1v) is 14.4. The van der Waals surface area contributed by atoms with Gasteiger partial charge in [0.25, 0.3) is 0 Å². The molecule has 0 aromatic heterocycles. The normalized spacial score (nSPS) is 16.0. The second-order valence-electron chi connectivity index (χ2n) is 11.2. The third-order valence-corrected chi connectivity index (χ3v) is 6.97. The molecule has 1 fully saturated rings. The number of hydrogen-bond acceptors (Lipinski definition) is 8. The van der Waals surface area contributed by atoms with E-state index < -0.39 is 29.5 Å². The molecule has 45 heavy (non-hydrogen) atoms. The van der Waals surface area contributed by atoms with E-state index in [-0.39, 0.29) is 34.9 Å². The van der Waals surface area contributed by atoms with Gasteiger partial charge in [-0.1, -0.05) is 12.1 Å². The van der Waals surface area contributed by atoms with Crippen molar-refractivity contribution < 1.29 is 36.8 Å². The van der Waals surface area contributed by atoms with Crippen LogP contribution in [-0.4, -0.2) is 62.1 Å². The summed E-state index contributed by atoms with van der Waals surface area (Å²) in [5, 5.41) is 11.6. The monoisotopic (exact) mass is 626 g/mol. The molecule has 1 unspecified atom stereocenters. The van der Waals surface area contributed by atoms with E-state index >= 15 is 0 Å². The Morgan fingerprint density at radius 1 is 1.16 bits per heavy atom. The number of likely N-dealkylation sites (tertiary alicyclic amines) is 1. The maximum atomic E-state index is 14.3. The summed E-state index contributed by atoms with van der Waals surface area (Å²) in [7, 11) is 4.06. The number of carbonyl (C=O) groups excluding carboxylic acids is 1. The molecule has 2 aromatic rings. The summed E-state index contributed by atoms with van der Waals surface area (Å²) >= 11 is 0. The van der Waals surface area contributed by atoms with Crippen molar-refractivity contribution in [3.05, 3.63) is 70.8 Å². The summed E-state index contributed by atoms with van der Waals surface area (Å²) in [6, 6.07) is 10.9. The molecule has 0 spiro atoms. The molecule has 13 heteroatoms. The molecule has 0 saturated carbocycles. The molecule has 2 aromatic carbocycles. The molecule has 1 aliphatic heterocycles. The molecule has 240 valence electrons. The quantitative estimate of drug-likeness (QED) is 0.147. The third kappa shape index (κ3) is 10.0. The van der Waals surface area contributed by atoms with Crippen molar-refractivity contribution in [1.82, 2.24) is 10.2 Å². The van der Waals surface area contributed by atoms with Crippen LogP contribution in [0.1, 0.15) is 62.8 Å². The van der Waals surface area contributed by atoms with E-state index in [2.05, 4.69) is 10.3 Å². The zero-order valence-corrected chi connectivity index (χ0v) is 26.3. The minimum absolute atomic E-state index is 0.153. The summed E-state index contributed by atoms with van der Waals surface area (Å²) in [5.74, 6) is 0.892. The van der Waals surface area contributed by atoms with E-state index in [1.165, 1.54) is 13.2 Å². The number of hydrogen-bond donors (Lipinski definition) is 1. The number of aliphatic imine (C=N–C) groups is 1. The van der Waals surface area contributed by atoms with Gasteiger partial charge >= 0.3 is 215 Å². The molecule has 1 heterocycles. The number of alkyl halides is 3. The van der Waals surface area contributed by atoms with Gasteiger partial charge in [-0.15, -0.1) is 0 Å². The van der Waals surface area contributed by atoms with Gasteiger partial charge < -0.3 is 4.74 Å². The molecule has 9 nitrogen and oxygen atoms in total. The van der Waals surface area contributed by atoms with Crippen LogP contribution in [0.5, 0.6) is 5.75 Å². The van der Waals surface area contributed by atoms with E-state index in [1.54, 1.807) is 70.2 Å². The Balaban J connectivity index is 1.90. The third-order valence-electron chi connectivity index (χ3n) is 6.97. The number of alkyl carbamates (subject to hydrolysis) is 1. The van der Waals surface area contributed by atoms with Gasteiger partial charge in [-0.25, -0.2) is 0 Å². The molecular formula is C32H38BF3N4O5. The number of methoxy groups -OCH3 is 2. The van der Waals surface area contributed by atoms with Crippen molar-refractivity contribution in [1.29, 1.82) is 5.26 Å². The number of carbonyl (C=O) groups is 1. The minimum atomic E-state index is -4.58. The number of amides is 1. The van der Waals surface area contributed by atoms with Gasteiger partial charge in [0.15, 0.2) is 0 Å². The molecule has 1 aliphatic rings. The Morgan fingerprint density at radius 2 is 1.87 bits per heavy atom. The molecular weight excluding hydrogens is 588 g/mol. The number of benzene rings is 2. The van der Waals surface area contributed by atoms with Crippen LogP contribution in [0.15, 0.2) is 53.5 Å². The first kappa shape index (κ1) is 35.0. The number of ether oxygens (including phenoxy) is 3. The Labute approximate surface area is 262 Å². The Kier molecular flexibility index (Phi) is 12.1. The number of allylic oxidation sites excluding steroid dienone is 1. The standard InChI is InChI=1S/C32H38BF3N4O5/c1-7-26(23-15-14-22(25(19-23)32(34,35)36)13-10-21-11-16-24(42-5)17-12-21)38-28(43-6)27-9-8-18-40(27)29(33-44-20-37)39-30(41)45-31(2,3)4/h7,11-12,14-17,19,27H,8-10,13,18H2,1-6H3,(H,39,41)/b26-7-,38-28?. The first-order chi connectivity index (χ1) is 21.3. The maximum absolute atomic E-state index is 14.3. The van der Waals surface area contributed by atoms with Gasteiger partial charge in [-0.05, 0) is 17.7 Å². The number of nitrogens with one attached hydrogen (secondary N) is 1. The van der Waals surface area contributed by atoms with Gasteiger partial charge in [0.2, 0.25) is 0 Å². The van der Waals surface area contributed by atoms with Crippen LogP contribution in [-0.2, 0) is 33.1 Å². The number of aryl methyl sites for hydroxylation is 2. The van der Waals surface area contributed by atoms with E-state index in [4.69, 9.17) is 24.1 Å². The molecule has 1 N–H and O–H groups in total. The molecule has 0 aliphatic carbocycles. The Bertz CT molecular complexity index is 1460. The molecule has 1 saturated heterocycles. The molecule has 1 atom stereocenters. The summed E-state index contributed by atoms with van der Waals surface area (Å²) in [4.78, 5) is 18.9. The number of nitrogens with zero attached hydrogens (tertiary/aromatic N) is 3. The van der Waals surface area contributed by atoms with Crippen LogP contribution >= 0.6 is 0 Å². The number of nitriles is 1. The van der Waals surface area contributed by atoms with Crippen molar-refractivity contribution in [3.63, 3.8) is 0 Å². The predicted molar refractivity (Wildman–Crippen MR) is 166 cm³/mol. The van der Waals surface area contributed by atoms with Crippen LogP contribution in [0.25, 0.3) is 5.70 Å². The summed E-state index contributed by atoms with van der Waals surface area (Å²) in [6.45, 7) is 7.28. The van der Waals surface area contributed by atoms with Gasteiger partial charge in [0.05, 0.1) is 7.11 Å². The van der Waals surface area contributed by atoms with Crippen molar-refractivity contribution >= 4 is 30.5 Å². The van der Waals surface area contributed by atoms with E-state index in [0.29, 0.717) is 31.6 Å². The van der Waals surface area contributed by atoms with Crippen molar-refractivity contribution in [3.8, 4) is 12.0 Å². The SMILES string of the molecule is C/C=C(\N=C(OC)C1CCCN1C(=BOC#N)NC(=O)OC(C)(C)C)c1ccc(CCc2ccc(OC)cc2)c(C(F)(F)F)c1. The Morgan fingerprint density at radius 3 is 2.44 bits per heavy atom. The van der Waals surface area contributed by atoms with Crippen molar-refractivity contribution in [2.24, 2.45) is 4.99 Å². The number of rotatable bonds is 10. The fraction of sp³-hybridized carbons (Fsp3) is 0.438. The van der Waals surface area contributed by atoms with Crippen LogP contribution in [0.4, 0.5) is 18.0 Å². The zero-order chi connectivity index (χ0) is 33.2. The average molecular weight is 626 g/mol. The summed E-state index contributed by atoms with van der Waals surface area (Å²) < 4.78 is 63.7. The number of halogens is 3. The molecule has 0 bridgehead atoms. The molecule has 3 rings (SSSR count). The van der Waals surface area contributed by atoms with Gasteiger partial charge in [-0.2, -0.15) is 0 Å². The zero-order valence-electron chi connectivity index (χ0n) is 26.3. The fourth-order valence-electron chi connectivity index (χ4n) is 4.93. The van der Waals surface area contributed by atoms with Crippen LogP contribution in [0.3, 0.4) is 0 Å². The van der Waals surface area contributed by atoms with E-state index in [9.17, 15) is 18.0 Å². The first-order valence-electron chi connectivity index (χ1n) is 14.4. The van der Waals surface area contributed by atoms with Gasteiger partial charge in [-0.3, -0.25) is 0 Å². The predicted octanol–water partition coefficient (Wildman–Crippen LogP) is 6.10. The van der Waals surface area contributed by atoms with E-state index in [1.807, 2.05) is 12.1 Å².